The number of amides is 1. The Kier molecular flexibility index (Phi) is 5.04. The maximum absolute atomic E-state index is 12.1. The van der Waals surface area contributed by atoms with Gasteiger partial charge in [-0.3, -0.25) is 9.69 Å². The average molecular weight is 374 g/mol. The summed E-state index contributed by atoms with van der Waals surface area (Å²) in [5.74, 6) is -0.157. The zero-order valence-electron chi connectivity index (χ0n) is 11.0. The first-order valence-electron chi connectivity index (χ1n) is 6.62. The number of halogens is 1. The Labute approximate surface area is 127 Å². The number of nitrogens with one attached hydrogen (secondary N) is 1. The van der Waals surface area contributed by atoms with E-state index in [2.05, 4.69) is 39.7 Å². The normalized spacial score (nSPS) is 19.6. The third-order valence-corrected chi connectivity index (χ3v) is 4.28. The molecule has 1 aromatic rings. The quantitative estimate of drug-likeness (QED) is 0.795. The van der Waals surface area contributed by atoms with Crippen LogP contribution in [0, 0.1) is 3.57 Å². The minimum absolute atomic E-state index is 0.0386. The lowest BCUT2D eigenvalue weighted by atomic mass is 10.1. The first-order valence-corrected chi connectivity index (χ1v) is 7.70. The number of likely N-dealkylation sites (tertiary alicyclic amines) is 1. The van der Waals surface area contributed by atoms with Crippen molar-refractivity contribution in [1.29, 1.82) is 0 Å². The van der Waals surface area contributed by atoms with E-state index in [1.165, 1.54) is 6.42 Å². The zero-order chi connectivity index (χ0) is 13.8. The lowest BCUT2D eigenvalue weighted by molar-refractivity contribution is 0.0938. The highest BCUT2D eigenvalue weighted by molar-refractivity contribution is 14.1. The highest BCUT2D eigenvalue weighted by atomic mass is 127. The summed E-state index contributed by atoms with van der Waals surface area (Å²) in [5, 5.41) is 12.7. The van der Waals surface area contributed by atoms with E-state index in [0.29, 0.717) is 18.2 Å². The first-order chi connectivity index (χ1) is 9.11. The molecule has 0 spiro atoms. The Morgan fingerprint density at radius 2 is 2.37 bits per heavy atom. The van der Waals surface area contributed by atoms with Crippen LogP contribution in [0.2, 0.25) is 0 Å². The van der Waals surface area contributed by atoms with E-state index < -0.39 is 0 Å². The van der Waals surface area contributed by atoms with Crippen molar-refractivity contribution in [2.24, 2.45) is 0 Å². The molecule has 1 aliphatic heterocycles. The van der Waals surface area contributed by atoms with Crippen LogP contribution in [0.15, 0.2) is 18.2 Å². The number of phenols is 1. The monoisotopic (exact) mass is 374 g/mol. The number of likely N-dealkylation sites (N-methyl/N-ethyl adjacent to an activating group) is 1. The van der Waals surface area contributed by atoms with Crippen LogP contribution in [0.3, 0.4) is 0 Å². The molecule has 1 heterocycles. The predicted molar refractivity (Wildman–Crippen MR) is 83.4 cm³/mol. The lowest BCUT2D eigenvalue weighted by Crippen LogP contribution is -2.40. The van der Waals surface area contributed by atoms with Gasteiger partial charge in [-0.15, -0.1) is 0 Å². The Morgan fingerprint density at radius 3 is 3.11 bits per heavy atom. The molecule has 1 fully saturated rings. The molecule has 1 aliphatic rings. The van der Waals surface area contributed by atoms with Crippen LogP contribution in [0.25, 0.3) is 0 Å². The second kappa shape index (κ2) is 6.56. The second-order valence-electron chi connectivity index (χ2n) is 4.80. The molecule has 19 heavy (non-hydrogen) atoms. The van der Waals surface area contributed by atoms with E-state index in [4.69, 9.17) is 0 Å². The maximum Gasteiger partial charge on any atom is 0.255 e. The molecule has 1 aromatic carbocycles. The molecule has 0 bridgehead atoms. The molecule has 1 saturated heterocycles. The molecule has 5 heteroatoms. The minimum atomic E-state index is -0.195. The zero-order valence-corrected chi connectivity index (χ0v) is 13.2. The fourth-order valence-electron chi connectivity index (χ4n) is 2.54. The molecular weight excluding hydrogens is 355 g/mol. The molecule has 0 aliphatic carbocycles. The fourth-order valence-corrected chi connectivity index (χ4v) is 3.03. The van der Waals surface area contributed by atoms with Crippen molar-refractivity contribution < 1.29 is 9.90 Å². The summed E-state index contributed by atoms with van der Waals surface area (Å²) in [6, 6.07) is 5.48. The minimum Gasteiger partial charge on any atom is -0.507 e. The number of hydrogen-bond donors (Lipinski definition) is 2. The summed E-state index contributed by atoms with van der Waals surface area (Å²) < 4.78 is 0.941. The van der Waals surface area contributed by atoms with Crippen molar-refractivity contribution in [2.45, 2.75) is 25.8 Å². The van der Waals surface area contributed by atoms with Crippen LogP contribution in [0.5, 0.6) is 5.75 Å². The topological polar surface area (TPSA) is 52.6 Å². The van der Waals surface area contributed by atoms with Gasteiger partial charge < -0.3 is 10.4 Å². The maximum atomic E-state index is 12.1. The smallest absolute Gasteiger partial charge is 0.255 e. The Balaban J connectivity index is 1.96. The predicted octanol–water partition coefficient (Wildman–Crippen LogP) is 2.21. The standard InChI is InChI=1S/C14H19IN2O2/c1-2-17-7-3-4-11(17)9-16-14(19)12-8-10(15)5-6-13(12)18/h5-6,8,11,18H,2-4,7,9H2,1H3,(H,16,19). The van der Waals surface area contributed by atoms with Gasteiger partial charge in [0.25, 0.3) is 5.91 Å². The van der Waals surface area contributed by atoms with Crippen LogP contribution >= 0.6 is 22.6 Å². The molecule has 104 valence electrons. The third-order valence-electron chi connectivity index (χ3n) is 3.61. The SMILES string of the molecule is CCN1CCCC1CNC(=O)c1cc(I)ccc1O. The average Bonchev–Trinajstić information content (AvgIpc) is 2.86. The van der Waals surface area contributed by atoms with Gasteiger partial charge in [-0.05, 0) is 66.7 Å². The lowest BCUT2D eigenvalue weighted by Gasteiger charge is -2.22. The van der Waals surface area contributed by atoms with Gasteiger partial charge in [-0.1, -0.05) is 6.92 Å². The van der Waals surface area contributed by atoms with Gasteiger partial charge in [0.05, 0.1) is 5.56 Å². The van der Waals surface area contributed by atoms with Gasteiger partial charge in [0, 0.05) is 16.2 Å². The number of carbonyl (C=O) groups excluding carboxylic acids is 1. The molecule has 0 aromatic heterocycles. The summed E-state index contributed by atoms with van der Waals surface area (Å²) in [6.45, 7) is 4.93. The molecule has 2 rings (SSSR count). The number of phenolic OH excluding ortho intramolecular Hbond substituents is 1. The summed E-state index contributed by atoms with van der Waals surface area (Å²) in [5.41, 5.74) is 0.355. The molecule has 1 amide bonds. The molecule has 2 N–H and O–H groups in total. The van der Waals surface area contributed by atoms with Crippen molar-refractivity contribution in [3.8, 4) is 5.75 Å². The summed E-state index contributed by atoms with van der Waals surface area (Å²) in [6.07, 6.45) is 2.33. The van der Waals surface area contributed by atoms with E-state index in [-0.39, 0.29) is 11.7 Å². The highest BCUT2D eigenvalue weighted by Gasteiger charge is 2.23. The van der Waals surface area contributed by atoms with E-state index in [1.54, 1.807) is 18.2 Å². The summed E-state index contributed by atoms with van der Waals surface area (Å²) in [4.78, 5) is 14.5. The largest absolute Gasteiger partial charge is 0.507 e. The van der Waals surface area contributed by atoms with Crippen LogP contribution in [0.4, 0.5) is 0 Å². The molecule has 4 nitrogen and oxygen atoms in total. The van der Waals surface area contributed by atoms with E-state index in [0.717, 1.165) is 23.1 Å². The van der Waals surface area contributed by atoms with E-state index in [9.17, 15) is 9.90 Å². The fraction of sp³-hybridized carbons (Fsp3) is 0.500. The van der Waals surface area contributed by atoms with Gasteiger partial charge in [0.1, 0.15) is 5.75 Å². The van der Waals surface area contributed by atoms with Gasteiger partial charge in [-0.25, -0.2) is 0 Å². The van der Waals surface area contributed by atoms with Crippen LogP contribution in [-0.4, -0.2) is 41.6 Å². The van der Waals surface area contributed by atoms with E-state index >= 15 is 0 Å². The van der Waals surface area contributed by atoms with Crippen LogP contribution < -0.4 is 5.32 Å². The number of hydrogen-bond acceptors (Lipinski definition) is 3. The highest BCUT2D eigenvalue weighted by Crippen LogP contribution is 2.20. The van der Waals surface area contributed by atoms with Crippen molar-refractivity contribution in [1.82, 2.24) is 10.2 Å². The van der Waals surface area contributed by atoms with Gasteiger partial charge in [0.15, 0.2) is 0 Å². The Hall–Kier alpha value is -0.820. The van der Waals surface area contributed by atoms with Crippen molar-refractivity contribution >= 4 is 28.5 Å². The van der Waals surface area contributed by atoms with E-state index in [1.807, 2.05) is 0 Å². The molecule has 0 saturated carbocycles. The van der Waals surface area contributed by atoms with Gasteiger partial charge in [-0.2, -0.15) is 0 Å². The van der Waals surface area contributed by atoms with Gasteiger partial charge >= 0.3 is 0 Å². The summed E-state index contributed by atoms with van der Waals surface area (Å²) in [7, 11) is 0. The van der Waals surface area contributed by atoms with Crippen LogP contribution in [0.1, 0.15) is 30.1 Å². The number of rotatable bonds is 4. The Bertz CT molecular complexity index is 465. The van der Waals surface area contributed by atoms with Crippen molar-refractivity contribution in [3.05, 3.63) is 27.3 Å². The number of carbonyl (C=O) groups is 1. The molecule has 1 unspecified atom stereocenters. The second-order valence-corrected chi connectivity index (χ2v) is 6.04. The first kappa shape index (κ1) is 14.6. The Morgan fingerprint density at radius 1 is 1.58 bits per heavy atom. The molecule has 0 radical (unpaired) electrons. The van der Waals surface area contributed by atoms with Crippen LogP contribution in [-0.2, 0) is 0 Å². The molecular formula is C14H19IN2O2. The number of aromatic hydroxyl groups is 1. The molecule has 1 atom stereocenters. The number of nitrogens with zero attached hydrogens (tertiary/aromatic N) is 1. The van der Waals surface area contributed by atoms with Crippen molar-refractivity contribution in [2.75, 3.05) is 19.6 Å². The summed E-state index contributed by atoms with van der Waals surface area (Å²) >= 11 is 2.13. The number of benzene rings is 1. The van der Waals surface area contributed by atoms with Crippen molar-refractivity contribution in [3.63, 3.8) is 0 Å². The van der Waals surface area contributed by atoms with Gasteiger partial charge in [0.2, 0.25) is 0 Å². The third kappa shape index (κ3) is 3.60.